The van der Waals surface area contributed by atoms with E-state index in [4.69, 9.17) is 10.6 Å². The highest BCUT2D eigenvalue weighted by molar-refractivity contribution is 5.32. The third kappa shape index (κ3) is 2.06. The highest BCUT2D eigenvalue weighted by atomic mass is 16.5. The molecule has 0 heterocycles. The van der Waals surface area contributed by atoms with Crippen LogP contribution in [0, 0.1) is 11.3 Å². The molecule has 2 atom stereocenters. The number of benzene rings is 1. The van der Waals surface area contributed by atoms with Crippen LogP contribution in [0.15, 0.2) is 24.3 Å². The molecule has 0 aliphatic heterocycles. The third-order valence-electron chi connectivity index (χ3n) is 3.62. The maximum absolute atomic E-state index is 5.67. The molecule has 0 spiro atoms. The summed E-state index contributed by atoms with van der Waals surface area (Å²) in [5.74, 6) is 7.17. The zero-order valence-corrected chi connectivity index (χ0v) is 10.2. The zero-order chi connectivity index (χ0) is 11.8. The molecule has 1 fully saturated rings. The van der Waals surface area contributed by atoms with Gasteiger partial charge in [-0.2, -0.15) is 0 Å². The molecule has 3 N–H and O–H groups in total. The zero-order valence-electron chi connectivity index (χ0n) is 10.2. The molecule has 88 valence electrons. The number of nitrogens with one attached hydrogen (secondary N) is 1. The normalized spacial score (nSPS) is 23.9. The largest absolute Gasteiger partial charge is 0.497 e. The van der Waals surface area contributed by atoms with E-state index in [0.29, 0.717) is 11.3 Å². The van der Waals surface area contributed by atoms with E-state index in [0.717, 1.165) is 5.75 Å². The van der Waals surface area contributed by atoms with Crippen molar-refractivity contribution < 1.29 is 4.74 Å². The number of hydrogen-bond acceptors (Lipinski definition) is 3. The highest BCUT2D eigenvalue weighted by Gasteiger charge is 2.50. The van der Waals surface area contributed by atoms with Gasteiger partial charge in [-0.15, -0.1) is 0 Å². The van der Waals surface area contributed by atoms with Gasteiger partial charge < -0.3 is 4.74 Å². The topological polar surface area (TPSA) is 47.3 Å². The molecule has 0 saturated heterocycles. The lowest BCUT2D eigenvalue weighted by Crippen LogP contribution is -2.30. The first-order valence-electron chi connectivity index (χ1n) is 5.68. The van der Waals surface area contributed by atoms with Crippen LogP contribution in [0.5, 0.6) is 5.75 Å². The van der Waals surface area contributed by atoms with Gasteiger partial charge in [-0.1, -0.05) is 26.0 Å². The van der Waals surface area contributed by atoms with E-state index in [1.165, 1.54) is 12.0 Å². The fourth-order valence-corrected chi connectivity index (χ4v) is 2.36. The van der Waals surface area contributed by atoms with Crippen LogP contribution in [0.25, 0.3) is 0 Å². The summed E-state index contributed by atoms with van der Waals surface area (Å²) >= 11 is 0. The van der Waals surface area contributed by atoms with Crippen molar-refractivity contribution in [2.75, 3.05) is 7.11 Å². The maximum Gasteiger partial charge on any atom is 0.119 e. The van der Waals surface area contributed by atoms with Crippen molar-refractivity contribution in [3.63, 3.8) is 0 Å². The van der Waals surface area contributed by atoms with Crippen LogP contribution in [0.1, 0.15) is 31.9 Å². The Balaban J connectivity index is 2.20. The van der Waals surface area contributed by atoms with Crippen LogP contribution in [0.4, 0.5) is 0 Å². The van der Waals surface area contributed by atoms with Crippen molar-refractivity contribution in [3.8, 4) is 5.75 Å². The van der Waals surface area contributed by atoms with Crippen molar-refractivity contribution in [2.45, 2.75) is 26.3 Å². The number of hydrogen-bond donors (Lipinski definition) is 2. The van der Waals surface area contributed by atoms with Gasteiger partial charge in [0, 0.05) is 6.04 Å². The van der Waals surface area contributed by atoms with Crippen LogP contribution >= 0.6 is 0 Å². The molecule has 1 aromatic carbocycles. The predicted molar refractivity (Wildman–Crippen MR) is 64.9 cm³/mol. The van der Waals surface area contributed by atoms with E-state index in [1.54, 1.807) is 7.11 Å². The first kappa shape index (κ1) is 11.4. The SMILES string of the molecule is COc1cccc(C(NN)C2CC2(C)C)c1. The Labute approximate surface area is 97.0 Å². The van der Waals surface area contributed by atoms with Gasteiger partial charge >= 0.3 is 0 Å². The Morgan fingerprint density at radius 2 is 2.19 bits per heavy atom. The molecule has 3 heteroatoms. The Hall–Kier alpha value is -1.06. The number of nitrogens with two attached hydrogens (primary N) is 1. The summed E-state index contributed by atoms with van der Waals surface area (Å²) in [7, 11) is 1.69. The fourth-order valence-electron chi connectivity index (χ4n) is 2.36. The molecule has 1 aromatic rings. The molecule has 16 heavy (non-hydrogen) atoms. The van der Waals surface area contributed by atoms with Crippen molar-refractivity contribution in [1.82, 2.24) is 5.43 Å². The molecule has 2 unspecified atom stereocenters. The van der Waals surface area contributed by atoms with Crippen molar-refractivity contribution in [1.29, 1.82) is 0 Å². The lowest BCUT2D eigenvalue weighted by atomic mass is 9.97. The Bertz CT molecular complexity index is 376. The summed E-state index contributed by atoms with van der Waals surface area (Å²) in [5, 5.41) is 0. The summed E-state index contributed by atoms with van der Waals surface area (Å²) in [6.45, 7) is 4.56. The van der Waals surface area contributed by atoms with Gasteiger partial charge in [-0.05, 0) is 35.4 Å². The average molecular weight is 220 g/mol. The Morgan fingerprint density at radius 1 is 1.50 bits per heavy atom. The van der Waals surface area contributed by atoms with Gasteiger partial charge in [0.2, 0.25) is 0 Å². The van der Waals surface area contributed by atoms with Gasteiger partial charge in [-0.3, -0.25) is 11.3 Å². The third-order valence-corrected chi connectivity index (χ3v) is 3.62. The van der Waals surface area contributed by atoms with Crippen LogP contribution in [0.3, 0.4) is 0 Å². The van der Waals surface area contributed by atoms with Gasteiger partial charge in [0.15, 0.2) is 0 Å². The van der Waals surface area contributed by atoms with Gasteiger partial charge in [0.25, 0.3) is 0 Å². The molecule has 3 nitrogen and oxygen atoms in total. The van der Waals surface area contributed by atoms with Crippen molar-refractivity contribution in [3.05, 3.63) is 29.8 Å². The van der Waals surface area contributed by atoms with Crippen LogP contribution < -0.4 is 16.0 Å². The summed E-state index contributed by atoms with van der Waals surface area (Å²) in [5.41, 5.74) is 4.54. The maximum atomic E-state index is 5.67. The number of hydrazine groups is 1. The second kappa shape index (κ2) is 4.07. The summed E-state index contributed by atoms with van der Waals surface area (Å²) in [6.07, 6.45) is 1.22. The monoisotopic (exact) mass is 220 g/mol. The molecule has 1 saturated carbocycles. The van der Waals surface area contributed by atoms with Gasteiger partial charge in [0.05, 0.1) is 7.11 Å². The predicted octanol–water partition coefficient (Wildman–Crippen LogP) is 2.25. The van der Waals surface area contributed by atoms with Gasteiger partial charge in [0.1, 0.15) is 5.75 Å². The molecular weight excluding hydrogens is 200 g/mol. The molecule has 0 aromatic heterocycles. The molecule has 0 bridgehead atoms. The highest BCUT2D eigenvalue weighted by Crippen LogP contribution is 2.57. The van der Waals surface area contributed by atoms with E-state index in [1.807, 2.05) is 12.1 Å². The average Bonchev–Trinajstić information content (AvgIpc) is 2.89. The number of ether oxygens (including phenoxy) is 1. The summed E-state index contributed by atoms with van der Waals surface area (Å²) in [4.78, 5) is 0. The molecule has 1 aliphatic rings. The quantitative estimate of drug-likeness (QED) is 0.604. The van der Waals surface area contributed by atoms with Crippen LogP contribution in [-0.2, 0) is 0 Å². The minimum atomic E-state index is 0.227. The second-order valence-corrected chi connectivity index (χ2v) is 5.22. The standard InChI is InChI=1S/C13H20N2O/c1-13(2)8-11(13)12(15-14)9-5-4-6-10(7-9)16-3/h4-7,11-12,15H,8,14H2,1-3H3. The minimum absolute atomic E-state index is 0.227. The Kier molecular flexibility index (Phi) is 2.91. The number of rotatable bonds is 4. The molecule has 0 amide bonds. The first-order valence-corrected chi connectivity index (χ1v) is 5.68. The molecule has 1 aliphatic carbocycles. The fraction of sp³-hybridized carbons (Fsp3) is 0.538. The van der Waals surface area contributed by atoms with Crippen molar-refractivity contribution in [2.24, 2.45) is 17.2 Å². The minimum Gasteiger partial charge on any atom is -0.497 e. The van der Waals surface area contributed by atoms with Gasteiger partial charge in [-0.25, -0.2) is 0 Å². The Morgan fingerprint density at radius 3 is 2.69 bits per heavy atom. The smallest absolute Gasteiger partial charge is 0.119 e. The molecule has 0 radical (unpaired) electrons. The van der Waals surface area contributed by atoms with E-state index in [2.05, 4.69) is 31.4 Å². The van der Waals surface area contributed by atoms with E-state index >= 15 is 0 Å². The first-order chi connectivity index (χ1) is 7.58. The van der Waals surface area contributed by atoms with Crippen LogP contribution in [0.2, 0.25) is 0 Å². The van der Waals surface area contributed by atoms with E-state index < -0.39 is 0 Å². The lowest BCUT2D eigenvalue weighted by molar-refractivity contribution is 0.404. The molecular formula is C13H20N2O. The number of methoxy groups -OCH3 is 1. The van der Waals surface area contributed by atoms with E-state index in [-0.39, 0.29) is 6.04 Å². The van der Waals surface area contributed by atoms with Crippen molar-refractivity contribution >= 4 is 0 Å². The second-order valence-electron chi connectivity index (χ2n) is 5.22. The lowest BCUT2D eigenvalue weighted by Gasteiger charge is -2.18. The van der Waals surface area contributed by atoms with E-state index in [9.17, 15) is 0 Å². The van der Waals surface area contributed by atoms with Crippen LogP contribution in [-0.4, -0.2) is 7.11 Å². The molecule has 2 rings (SSSR count). The summed E-state index contributed by atoms with van der Waals surface area (Å²) < 4.78 is 5.23. The summed E-state index contributed by atoms with van der Waals surface area (Å²) in [6, 6.07) is 8.34.